The first-order valence-electron chi connectivity index (χ1n) is 13.6. The molecule has 2 heterocycles. The second-order valence-corrected chi connectivity index (χ2v) is 11.0. The Morgan fingerprint density at radius 2 is 1.50 bits per heavy atom. The number of nitrogens with zero attached hydrogens (tertiary/aromatic N) is 3. The number of hydrogen-bond acceptors (Lipinski definition) is 4. The third kappa shape index (κ3) is 4.81. The van der Waals surface area contributed by atoms with Gasteiger partial charge in [-0.2, -0.15) is 0 Å². The van der Waals surface area contributed by atoms with Gasteiger partial charge >= 0.3 is 0 Å². The maximum absolute atomic E-state index is 13.3. The molecule has 1 aliphatic carbocycles. The lowest BCUT2D eigenvalue weighted by atomic mass is 9.74. The van der Waals surface area contributed by atoms with Crippen molar-refractivity contribution in [1.82, 2.24) is 14.7 Å². The van der Waals surface area contributed by atoms with E-state index in [9.17, 15) is 14.7 Å². The van der Waals surface area contributed by atoms with Gasteiger partial charge in [0.2, 0.25) is 5.91 Å². The molecule has 6 nitrogen and oxygen atoms in total. The molecule has 192 valence electrons. The zero-order valence-electron chi connectivity index (χ0n) is 21.6. The number of benzene rings is 2. The molecule has 0 aromatic heterocycles. The van der Waals surface area contributed by atoms with Gasteiger partial charge in [-0.05, 0) is 61.1 Å². The topological polar surface area (TPSA) is 64.1 Å². The average molecular weight is 490 g/mol. The fourth-order valence-corrected chi connectivity index (χ4v) is 6.53. The fourth-order valence-electron chi connectivity index (χ4n) is 6.53. The van der Waals surface area contributed by atoms with Gasteiger partial charge in [-0.15, -0.1) is 0 Å². The van der Waals surface area contributed by atoms with E-state index in [1.165, 1.54) is 18.4 Å². The van der Waals surface area contributed by atoms with Crippen molar-refractivity contribution in [3.05, 3.63) is 59.7 Å². The Morgan fingerprint density at radius 3 is 2.11 bits per heavy atom. The largest absolute Gasteiger partial charge is 0.395 e. The predicted octanol–water partition coefficient (Wildman–Crippen LogP) is 4.00. The highest BCUT2D eigenvalue weighted by atomic mass is 16.3. The summed E-state index contributed by atoms with van der Waals surface area (Å²) in [6.45, 7) is 2.76. The van der Waals surface area contributed by atoms with Crippen LogP contribution in [0.3, 0.4) is 0 Å². The molecule has 36 heavy (non-hydrogen) atoms. The average Bonchev–Trinajstić information content (AvgIpc) is 3.42. The maximum Gasteiger partial charge on any atom is 0.253 e. The van der Waals surface area contributed by atoms with Crippen molar-refractivity contribution < 1.29 is 14.7 Å². The molecule has 2 aromatic carbocycles. The number of fused-ring (bicyclic) bond motifs is 1. The molecule has 3 fully saturated rings. The van der Waals surface area contributed by atoms with E-state index >= 15 is 0 Å². The lowest BCUT2D eigenvalue weighted by Gasteiger charge is -2.57. The van der Waals surface area contributed by atoms with Crippen molar-refractivity contribution in [3.8, 4) is 11.1 Å². The van der Waals surface area contributed by atoms with E-state index in [0.29, 0.717) is 11.5 Å². The number of aliphatic hydroxyl groups is 1. The Bertz CT molecular complexity index is 1060. The summed E-state index contributed by atoms with van der Waals surface area (Å²) in [7, 11) is 3.52. The zero-order chi connectivity index (χ0) is 25.2. The first-order valence-corrected chi connectivity index (χ1v) is 13.6. The van der Waals surface area contributed by atoms with E-state index < -0.39 is 0 Å². The Kier molecular flexibility index (Phi) is 7.44. The number of carbonyl (C=O) groups is 2. The molecule has 1 N–H and O–H groups in total. The minimum atomic E-state index is 0.00105. The molecule has 5 rings (SSSR count). The highest BCUT2D eigenvalue weighted by Gasteiger charge is 2.49. The monoisotopic (exact) mass is 489 g/mol. The molecule has 0 radical (unpaired) electrons. The lowest BCUT2D eigenvalue weighted by Crippen LogP contribution is -2.68. The molecular formula is C30H39N3O3. The van der Waals surface area contributed by atoms with Gasteiger partial charge in [0.1, 0.15) is 0 Å². The van der Waals surface area contributed by atoms with Crippen LogP contribution in [0.1, 0.15) is 60.4 Å². The summed E-state index contributed by atoms with van der Waals surface area (Å²) in [5.74, 6) is 0.790. The molecule has 3 aliphatic rings. The van der Waals surface area contributed by atoms with Crippen LogP contribution in [0.2, 0.25) is 0 Å². The highest BCUT2D eigenvalue weighted by molar-refractivity contribution is 5.94. The van der Waals surface area contributed by atoms with Gasteiger partial charge < -0.3 is 14.9 Å². The van der Waals surface area contributed by atoms with Crippen LogP contribution in [-0.2, 0) is 4.79 Å². The van der Waals surface area contributed by atoms with E-state index in [-0.39, 0.29) is 36.4 Å². The second-order valence-electron chi connectivity index (χ2n) is 11.0. The molecule has 2 saturated heterocycles. The van der Waals surface area contributed by atoms with Crippen LogP contribution in [-0.4, -0.2) is 84.0 Å². The van der Waals surface area contributed by atoms with Crippen molar-refractivity contribution in [2.24, 2.45) is 5.92 Å². The van der Waals surface area contributed by atoms with Crippen molar-refractivity contribution in [2.45, 2.75) is 56.5 Å². The summed E-state index contributed by atoms with van der Waals surface area (Å²) in [5, 5.41) is 10.3. The molecule has 2 aromatic rings. The summed E-state index contributed by atoms with van der Waals surface area (Å²) < 4.78 is 0. The second kappa shape index (κ2) is 10.7. The Balaban J connectivity index is 1.33. The number of amides is 2. The summed E-state index contributed by atoms with van der Waals surface area (Å²) >= 11 is 0. The highest BCUT2D eigenvalue weighted by Crippen LogP contribution is 2.42. The molecule has 2 aliphatic heterocycles. The molecule has 0 spiro atoms. The van der Waals surface area contributed by atoms with Gasteiger partial charge in [0, 0.05) is 56.7 Å². The van der Waals surface area contributed by atoms with Gasteiger partial charge in [0.15, 0.2) is 0 Å². The maximum atomic E-state index is 13.3. The van der Waals surface area contributed by atoms with E-state index in [4.69, 9.17) is 0 Å². The normalized spacial score (nSPS) is 25.0. The lowest BCUT2D eigenvalue weighted by molar-refractivity contribution is -0.140. The smallest absolute Gasteiger partial charge is 0.253 e. The summed E-state index contributed by atoms with van der Waals surface area (Å²) in [4.78, 5) is 31.6. The molecule has 2 amide bonds. The number of aliphatic hydroxyl groups excluding tert-OH is 1. The molecule has 3 atom stereocenters. The standard InChI is InChI=1S/C30H39N3O3/c1-31(2)29(35)25-15-11-22(12-16-25)21-9-13-23(14-10-21)28-26-19-32(30(36)24-7-3-4-8-24)17-5-6-18-33(26)27(28)20-34/h9-16,24,26-28,34H,3-8,17-20H2,1-2H3/t26-,27+,28-/m0/s1. The van der Waals surface area contributed by atoms with E-state index in [2.05, 4.69) is 34.1 Å². The van der Waals surface area contributed by atoms with E-state index in [1.54, 1.807) is 19.0 Å². The minimum Gasteiger partial charge on any atom is -0.395 e. The molecule has 0 unspecified atom stereocenters. The van der Waals surface area contributed by atoms with Crippen LogP contribution in [0.4, 0.5) is 0 Å². The predicted molar refractivity (Wildman–Crippen MR) is 142 cm³/mol. The van der Waals surface area contributed by atoms with Crippen LogP contribution >= 0.6 is 0 Å². The number of rotatable bonds is 5. The van der Waals surface area contributed by atoms with E-state index in [0.717, 1.165) is 56.4 Å². The van der Waals surface area contributed by atoms with Crippen molar-refractivity contribution in [1.29, 1.82) is 0 Å². The summed E-state index contributed by atoms with van der Waals surface area (Å²) in [6, 6.07) is 16.8. The van der Waals surface area contributed by atoms with Crippen molar-refractivity contribution >= 4 is 11.8 Å². The SMILES string of the molecule is CN(C)C(=O)c1ccc(-c2ccc([C@@H]3[C@@H](CO)N4CCCCN(C(=O)C5CCCC5)C[C@@H]34)cc2)cc1. The number of carbonyl (C=O) groups excluding carboxylic acids is 2. The van der Waals surface area contributed by atoms with Gasteiger partial charge in [0.25, 0.3) is 5.91 Å². The minimum absolute atomic E-state index is 0.00105. The first-order chi connectivity index (χ1) is 17.5. The number of hydrogen-bond donors (Lipinski definition) is 1. The molecular weight excluding hydrogens is 450 g/mol. The molecule has 6 heteroatoms. The Morgan fingerprint density at radius 1 is 0.889 bits per heavy atom. The van der Waals surface area contributed by atoms with Crippen LogP contribution in [0.5, 0.6) is 0 Å². The van der Waals surface area contributed by atoms with E-state index in [1.807, 2.05) is 24.3 Å². The van der Waals surface area contributed by atoms with Crippen LogP contribution in [0.15, 0.2) is 48.5 Å². The summed E-state index contributed by atoms with van der Waals surface area (Å²) in [6.07, 6.45) is 6.54. The van der Waals surface area contributed by atoms with Crippen LogP contribution < -0.4 is 0 Å². The summed E-state index contributed by atoms with van der Waals surface area (Å²) in [5.41, 5.74) is 4.09. The van der Waals surface area contributed by atoms with Crippen molar-refractivity contribution in [2.75, 3.05) is 40.3 Å². The van der Waals surface area contributed by atoms with Crippen molar-refractivity contribution in [3.63, 3.8) is 0 Å². The van der Waals surface area contributed by atoms with Crippen LogP contribution in [0, 0.1) is 5.92 Å². The quantitative estimate of drug-likeness (QED) is 0.690. The van der Waals surface area contributed by atoms with Gasteiger partial charge in [-0.3, -0.25) is 14.5 Å². The van der Waals surface area contributed by atoms with Gasteiger partial charge in [-0.25, -0.2) is 0 Å². The molecule has 0 bridgehead atoms. The zero-order valence-corrected chi connectivity index (χ0v) is 21.6. The Hall–Kier alpha value is -2.70. The Labute approximate surface area is 214 Å². The first kappa shape index (κ1) is 25.0. The third-order valence-corrected chi connectivity index (χ3v) is 8.55. The van der Waals surface area contributed by atoms with Gasteiger partial charge in [0.05, 0.1) is 6.61 Å². The van der Waals surface area contributed by atoms with Crippen LogP contribution in [0.25, 0.3) is 11.1 Å². The molecule has 1 saturated carbocycles. The third-order valence-electron chi connectivity index (χ3n) is 8.55. The fraction of sp³-hybridized carbons (Fsp3) is 0.533. The van der Waals surface area contributed by atoms with Gasteiger partial charge in [-0.1, -0.05) is 49.2 Å².